The van der Waals surface area contributed by atoms with Gasteiger partial charge in [0.05, 0.1) is 4.90 Å². The highest BCUT2D eigenvalue weighted by Crippen LogP contribution is 2.27. The van der Waals surface area contributed by atoms with E-state index in [1.165, 1.54) is 31.4 Å². The molecule has 7 nitrogen and oxygen atoms in total. The molecule has 3 amide bonds. The van der Waals surface area contributed by atoms with Gasteiger partial charge in [0.2, 0.25) is 5.91 Å². The number of amides is 3. The number of imide groups is 1. The van der Waals surface area contributed by atoms with E-state index in [0.717, 1.165) is 30.4 Å². The van der Waals surface area contributed by atoms with E-state index in [4.69, 9.17) is 5.73 Å². The summed E-state index contributed by atoms with van der Waals surface area (Å²) in [5.41, 5.74) is 5.97. The highest BCUT2D eigenvalue weighted by atomic mass is 32.2. The van der Waals surface area contributed by atoms with Crippen LogP contribution in [-0.2, 0) is 14.6 Å². The van der Waals surface area contributed by atoms with E-state index < -0.39 is 15.9 Å². The maximum absolute atomic E-state index is 12.4. The quantitative estimate of drug-likeness (QED) is 0.703. The SMILES string of the molecule is CS(=O)(=O)c1cccc(NCCN(C(N)=O)C(=O)CCC2CCCCC2)c1. The number of hydrogen-bond donors (Lipinski definition) is 2. The first kappa shape index (κ1) is 21.2. The highest BCUT2D eigenvalue weighted by Gasteiger charge is 2.21. The van der Waals surface area contributed by atoms with Crippen LogP contribution in [0.4, 0.5) is 10.5 Å². The molecule has 1 aromatic carbocycles. The lowest BCUT2D eigenvalue weighted by atomic mass is 9.86. The van der Waals surface area contributed by atoms with Gasteiger partial charge in [0.15, 0.2) is 9.84 Å². The fraction of sp³-hybridized carbons (Fsp3) is 0.579. The summed E-state index contributed by atoms with van der Waals surface area (Å²) >= 11 is 0. The van der Waals surface area contributed by atoms with Gasteiger partial charge in [0, 0.05) is 31.5 Å². The average Bonchev–Trinajstić information content (AvgIpc) is 2.63. The molecule has 8 heteroatoms. The summed E-state index contributed by atoms with van der Waals surface area (Å²) in [4.78, 5) is 25.3. The largest absolute Gasteiger partial charge is 0.383 e. The number of nitrogens with two attached hydrogens (primary N) is 1. The molecule has 0 unspecified atom stereocenters. The summed E-state index contributed by atoms with van der Waals surface area (Å²) < 4.78 is 23.2. The predicted molar refractivity (Wildman–Crippen MR) is 105 cm³/mol. The van der Waals surface area contributed by atoms with Crippen LogP contribution in [0.3, 0.4) is 0 Å². The Labute approximate surface area is 161 Å². The Kier molecular flexibility index (Phi) is 7.65. The minimum absolute atomic E-state index is 0.141. The summed E-state index contributed by atoms with van der Waals surface area (Å²) in [6.45, 7) is 0.438. The molecule has 1 aromatic rings. The van der Waals surface area contributed by atoms with Crippen LogP contribution in [0, 0.1) is 5.92 Å². The number of nitrogens with zero attached hydrogens (tertiary/aromatic N) is 1. The van der Waals surface area contributed by atoms with E-state index in [9.17, 15) is 18.0 Å². The third kappa shape index (κ3) is 6.86. The van der Waals surface area contributed by atoms with E-state index in [-0.39, 0.29) is 17.3 Å². The summed E-state index contributed by atoms with van der Waals surface area (Å²) in [6.07, 6.45) is 8.29. The van der Waals surface area contributed by atoms with Gasteiger partial charge in [-0.05, 0) is 30.5 Å². The Balaban J connectivity index is 1.85. The molecule has 2 rings (SSSR count). The van der Waals surface area contributed by atoms with Crippen LogP contribution in [-0.4, -0.2) is 44.6 Å². The molecule has 0 radical (unpaired) electrons. The van der Waals surface area contributed by atoms with Gasteiger partial charge < -0.3 is 11.1 Å². The first-order valence-electron chi connectivity index (χ1n) is 9.41. The van der Waals surface area contributed by atoms with Gasteiger partial charge in [-0.3, -0.25) is 9.69 Å². The molecule has 0 aromatic heterocycles. The van der Waals surface area contributed by atoms with Crippen molar-refractivity contribution in [2.24, 2.45) is 11.7 Å². The van der Waals surface area contributed by atoms with Crippen molar-refractivity contribution in [3.63, 3.8) is 0 Å². The van der Waals surface area contributed by atoms with Crippen LogP contribution in [0.25, 0.3) is 0 Å². The van der Waals surface area contributed by atoms with E-state index in [2.05, 4.69) is 5.32 Å². The smallest absolute Gasteiger partial charge is 0.321 e. The summed E-state index contributed by atoms with van der Waals surface area (Å²) in [7, 11) is -3.29. The molecule has 1 aliphatic carbocycles. The molecule has 0 saturated heterocycles. The second-order valence-electron chi connectivity index (χ2n) is 7.15. The fourth-order valence-electron chi connectivity index (χ4n) is 3.44. The number of rotatable bonds is 8. The van der Waals surface area contributed by atoms with Crippen LogP contribution in [0.1, 0.15) is 44.9 Å². The molecule has 1 fully saturated rings. The van der Waals surface area contributed by atoms with Crippen molar-refractivity contribution in [2.45, 2.75) is 49.8 Å². The van der Waals surface area contributed by atoms with Crippen LogP contribution >= 0.6 is 0 Å². The number of primary amides is 1. The van der Waals surface area contributed by atoms with Gasteiger partial charge in [-0.1, -0.05) is 38.2 Å². The Morgan fingerprint density at radius 1 is 1.22 bits per heavy atom. The fourth-order valence-corrected chi connectivity index (χ4v) is 4.11. The van der Waals surface area contributed by atoms with Crippen molar-refractivity contribution in [1.29, 1.82) is 0 Å². The van der Waals surface area contributed by atoms with E-state index >= 15 is 0 Å². The van der Waals surface area contributed by atoms with Crippen molar-refractivity contribution in [2.75, 3.05) is 24.7 Å². The van der Waals surface area contributed by atoms with Gasteiger partial charge >= 0.3 is 6.03 Å². The predicted octanol–water partition coefficient (Wildman–Crippen LogP) is 2.77. The van der Waals surface area contributed by atoms with E-state index in [0.29, 0.717) is 24.6 Å². The normalized spacial score (nSPS) is 15.3. The number of hydrogen-bond acceptors (Lipinski definition) is 5. The van der Waals surface area contributed by atoms with Crippen LogP contribution in [0.5, 0.6) is 0 Å². The van der Waals surface area contributed by atoms with Gasteiger partial charge in [-0.2, -0.15) is 0 Å². The second-order valence-corrected chi connectivity index (χ2v) is 9.17. The summed E-state index contributed by atoms with van der Waals surface area (Å²) in [5, 5.41) is 3.04. The molecule has 150 valence electrons. The standard InChI is InChI=1S/C19H29N3O4S/c1-27(25,26)17-9-5-8-16(14-17)21-12-13-22(19(20)24)18(23)11-10-15-6-3-2-4-7-15/h5,8-9,14-15,21H,2-4,6-7,10-13H2,1H3,(H2,20,24). The zero-order valence-electron chi connectivity index (χ0n) is 15.8. The first-order valence-corrected chi connectivity index (χ1v) is 11.3. The number of benzene rings is 1. The van der Waals surface area contributed by atoms with Crippen molar-refractivity contribution in [3.05, 3.63) is 24.3 Å². The van der Waals surface area contributed by atoms with Crippen LogP contribution < -0.4 is 11.1 Å². The molecular weight excluding hydrogens is 366 g/mol. The molecule has 0 heterocycles. The topological polar surface area (TPSA) is 110 Å². The number of anilines is 1. The molecule has 3 N–H and O–H groups in total. The van der Waals surface area contributed by atoms with Crippen molar-refractivity contribution in [3.8, 4) is 0 Å². The second kappa shape index (κ2) is 9.73. The third-order valence-corrected chi connectivity index (χ3v) is 6.10. The lowest BCUT2D eigenvalue weighted by molar-refractivity contribution is -0.128. The van der Waals surface area contributed by atoms with E-state index in [1.54, 1.807) is 12.1 Å². The number of sulfone groups is 1. The average molecular weight is 396 g/mol. The number of urea groups is 1. The summed E-state index contributed by atoms with van der Waals surface area (Å²) in [5.74, 6) is 0.314. The first-order chi connectivity index (χ1) is 12.8. The Bertz CT molecular complexity index is 758. The molecule has 1 saturated carbocycles. The Hall–Kier alpha value is -2.09. The molecule has 27 heavy (non-hydrogen) atoms. The maximum Gasteiger partial charge on any atom is 0.321 e. The summed E-state index contributed by atoms with van der Waals surface area (Å²) in [6, 6.07) is 5.66. The maximum atomic E-state index is 12.4. The van der Waals surface area contributed by atoms with Crippen LogP contribution in [0.2, 0.25) is 0 Å². The third-order valence-electron chi connectivity index (χ3n) is 4.99. The van der Waals surface area contributed by atoms with Gasteiger partial charge in [-0.25, -0.2) is 13.2 Å². The van der Waals surface area contributed by atoms with Crippen molar-refractivity contribution < 1.29 is 18.0 Å². The lowest BCUT2D eigenvalue weighted by Gasteiger charge is -2.23. The zero-order chi connectivity index (χ0) is 19.9. The number of carbonyl (C=O) groups excluding carboxylic acids is 2. The number of carbonyl (C=O) groups is 2. The van der Waals surface area contributed by atoms with Gasteiger partial charge in [-0.15, -0.1) is 0 Å². The highest BCUT2D eigenvalue weighted by molar-refractivity contribution is 7.90. The lowest BCUT2D eigenvalue weighted by Crippen LogP contribution is -2.43. The van der Waals surface area contributed by atoms with Crippen molar-refractivity contribution >= 4 is 27.5 Å². The van der Waals surface area contributed by atoms with Crippen molar-refractivity contribution in [1.82, 2.24) is 4.90 Å². The number of nitrogens with one attached hydrogen (secondary N) is 1. The molecule has 1 aliphatic rings. The van der Waals surface area contributed by atoms with E-state index in [1.807, 2.05) is 0 Å². The minimum atomic E-state index is -3.29. The molecule has 0 atom stereocenters. The monoisotopic (exact) mass is 395 g/mol. The molecule has 0 spiro atoms. The van der Waals surface area contributed by atoms with Gasteiger partial charge in [0.25, 0.3) is 0 Å². The van der Waals surface area contributed by atoms with Gasteiger partial charge in [0.1, 0.15) is 0 Å². The molecule has 0 bridgehead atoms. The zero-order valence-corrected chi connectivity index (χ0v) is 16.6. The molecular formula is C19H29N3O4S. The minimum Gasteiger partial charge on any atom is -0.383 e. The van der Waals surface area contributed by atoms with Crippen LogP contribution in [0.15, 0.2) is 29.2 Å². The molecule has 0 aliphatic heterocycles. The Morgan fingerprint density at radius 2 is 1.93 bits per heavy atom. The Morgan fingerprint density at radius 3 is 2.56 bits per heavy atom.